The molecule has 0 saturated carbocycles. The molecule has 0 aliphatic carbocycles. The Bertz CT molecular complexity index is 1660. The number of benzene rings is 4. The lowest BCUT2D eigenvalue weighted by Crippen LogP contribution is -2.74. The Labute approximate surface area is 247 Å². The van der Waals surface area contributed by atoms with Gasteiger partial charge in [0.25, 0.3) is 0 Å². The van der Waals surface area contributed by atoms with Gasteiger partial charge in [-0.05, 0) is 69.3 Å². The number of hydrogen-bond donors (Lipinski definition) is 0. The molecule has 0 atom stereocenters. The van der Waals surface area contributed by atoms with Crippen LogP contribution in [0.1, 0.15) is 0 Å². The molecule has 7 aromatic rings. The van der Waals surface area contributed by atoms with Gasteiger partial charge in [0.1, 0.15) is 0 Å². The van der Waals surface area contributed by atoms with Crippen molar-refractivity contribution in [1.82, 2.24) is 28.7 Å². The van der Waals surface area contributed by atoms with Gasteiger partial charge in [-0.2, -0.15) is 0 Å². The highest BCUT2D eigenvalue weighted by Crippen LogP contribution is 2.17. The van der Waals surface area contributed by atoms with E-state index >= 15 is 0 Å². The first-order valence-electron chi connectivity index (χ1n) is 13.2. The minimum atomic E-state index is -2.74. The van der Waals surface area contributed by atoms with Crippen LogP contribution in [0.15, 0.2) is 158 Å². The van der Waals surface area contributed by atoms with Gasteiger partial charge >= 0.3 is 0 Å². The fourth-order valence-corrected chi connectivity index (χ4v) is 10.5. The van der Waals surface area contributed by atoms with Gasteiger partial charge in [-0.15, -0.1) is 0 Å². The number of nitrogens with zero attached hydrogens (tertiary/aromatic N) is 6. The highest BCUT2D eigenvalue weighted by Gasteiger charge is 2.41. The SMILES string of the molecule is Brc1ccc([Si](c2ccc(-n3ccnc3)cc2)(c2ccc(-n3ccnc3)cc2)c2ccc(-n3ccnc3)cc2)cc1. The van der Waals surface area contributed by atoms with Gasteiger partial charge in [-0.3, -0.25) is 0 Å². The van der Waals surface area contributed by atoms with Gasteiger partial charge in [0.2, 0.25) is 0 Å². The molecule has 4 aromatic carbocycles. The normalized spacial score (nSPS) is 11.5. The molecule has 6 nitrogen and oxygen atoms in total. The van der Waals surface area contributed by atoms with Crippen molar-refractivity contribution in [3.63, 3.8) is 0 Å². The summed E-state index contributed by atoms with van der Waals surface area (Å²) in [5.74, 6) is 0. The number of imidazole rings is 3. The van der Waals surface area contributed by atoms with Crippen LogP contribution in [0.5, 0.6) is 0 Å². The number of aromatic nitrogens is 6. The van der Waals surface area contributed by atoms with E-state index in [0.29, 0.717) is 0 Å². The first kappa shape index (κ1) is 25.2. The van der Waals surface area contributed by atoms with Crippen molar-refractivity contribution in [2.75, 3.05) is 0 Å². The van der Waals surface area contributed by atoms with Gasteiger partial charge in [0, 0.05) is 58.7 Å². The molecule has 0 radical (unpaired) electrons. The average Bonchev–Trinajstić information content (AvgIpc) is 3.84. The van der Waals surface area contributed by atoms with Crippen LogP contribution in [0.3, 0.4) is 0 Å². The van der Waals surface area contributed by atoms with Crippen molar-refractivity contribution in [1.29, 1.82) is 0 Å². The third kappa shape index (κ3) is 4.57. The largest absolute Gasteiger partial charge is 0.306 e. The second-order valence-electron chi connectivity index (χ2n) is 9.81. The highest BCUT2D eigenvalue weighted by atomic mass is 79.9. The van der Waals surface area contributed by atoms with Crippen LogP contribution in [0.4, 0.5) is 0 Å². The zero-order valence-electron chi connectivity index (χ0n) is 22.0. The van der Waals surface area contributed by atoms with Crippen molar-refractivity contribution in [3.8, 4) is 17.1 Å². The maximum absolute atomic E-state index is 4.23. The summed E-state index contributed by atoms with van der Waals surface area (Å²) in [5, 5.41) is 5.21. The Kier molecular flexibility index (Phi) is 6.54. The predicted molar refractivity (Wildman–Crippen MR) is 169 cm³/mol. The molecule has 0 fully saturated rings. The van der Waals surface area contributed by atoms with Crippen molar-refractivity contribution < 1.29 is 0 Å². The molecular weight excluding hydrogens is 588 g/mol. The van der Waals surface area contributed by atoms with E-state index < -0.39 is 8.07 Å². The molecule has 0 bridgehead atoms. The summed E-state index contributed by atoms with van der Waals surface area (Å²) in [4.78, 5) is 12.7. The zero-order chi connectivity index (χ0) is 27.6. The minimum absolute atomic E-state index is 1.06. The van der Waals surface area contributed by atoms with E-state index in [1.807, 2.05) is 51.3 Å². The predicted octanol–water partition coefficient (Wildman–Crippen LogP) is 4.38. The number of hydrogen-bond acceptors (Lipinski definition) is 3. The van der Waals surface area contributed by atoms with Gasteiger partial charge < -0.3 is 13.7 Å². The summed E-state index contributed by atoms with van der Waals surface area (Å²) in [5.41, 5.74) is 3.24. The number of rotatable bonds is 7. The lowest BCUT2D eigenvalue weighted by atomic mass is 10.3. The molecule has 198 valence electrons. The summed E-state index contributed by atoms with van der Waals surface area (Å²) in [6, 6.07) is 35.7. The van der Waals surface area contributed by atoms with E-state index in [2.05, 4.69) is 128 Å². The van der Waals surface area contributed by atoms with E-state index in [1.165, 1.54) is 20.7 Å². The number of halogens is 1. The molecule has 0 spiro atoms. The molecule has 0 unspecified atom stereocenters. The minimum Gasteiger partial charge on any atom is -0.306 e. The topological polar surface area (TPSA) is 53.5 Å². The maximum Gasteiger partial charge on any atom is 0.179 e. The Morgan fingerprint density at radius 2 is 0.707 bits per heavy atom. The molecule has 3 aromatic heterocycles. The Morgan fingerprint density at radius 3 is 0.976 bits per heavy atom. The third-order valence-electron chi connectivity index (χ3n) is 7.59. The van der Waals surface area contributed by atoms with E-state index in [0.717, 1.165) is 21.5 Å². The van der Waals surface area contributed by atoms with Crippen LogP contribution in [-0.2, 0) is 0 Å². The molecule has 7 rings (SSSR count). The van der Waals surface area contributed by atoms with E-state index in [9.17, 15) is 0 Å². The lowest BCUT2D eigenvalue weighted by Gasteiger charge is -2.35. The molecule has 0 aliphatic heterocycles. The summed E-state index contributed by atoms with van der Waals surface area (Å²) in [7, 11) is -2.74. The second kappa shape index (κ2) is 10.6. The quantitative estimate of drug-likeness (QED) is 0.198. The maximum atomic E-state index is 4.23. The first-order chi connectivity index (χ1) is 20.2. The fraction of sp³-hybridized carbons (Fsp3) is 0. The Morgan fingerprint density at radius 1 is 0.415 bits per heavy atom. The zero-order valence-corrected chi connectivity index (χ0v) is 24.6. The molecule has 3 heterocycles. The van der Waals surface area contributed by atoms with Crippen molar-refractivity contribution >= 4 is 44.8 Å². The molecule has 8 heteroatoms. The summed E-state index contributed by atoms with van der Waals surface area (Å²) >= 11 is 3.67. The Hall–Kier alpha value is -4.79. The van der Waals surface area contributed by atoms with Crippen LogP contribution in [0.2, 0.25) is 0 Å². The lowest BCUT2D eigenvalue weighted by molar-refractivity contribution is 1.06. The van der Waals surface area contributed by atoms with Crippen LogP contribution >= 0.6 is 15.9 Å². The average molecular weight is 614 g/mol. The second-order valence-corrected chi connectivity index (χ2v) is 14.5. The summed E-state index contributed by atoms with van der Waals surface area (Å²) in [6.07, 6.45) is 16.8. The molecule has 0 N–H and O–H groups in total. The van der Waals surface area contributed by atoms with Crippen LogP contribution < -0.4 is 20.7 Å². The van der Waals surface area contributed by atoms with Crippen LogP contribution in [0, 0.1) is 0 Å². The monoisotopic (exact) mass is 612 g/mol. The van der Waals surface area contributed by atoms with Gasteiger partial charge in [0.15, 0.2) is 8.07 Å². The van der Waals surface area contributed by atoms with Gasteiger partial charge in [0.05, 0.1) is 19.0 Å². The summed E-state index contributed by atoms with van der Waals surface area (Å²) < 4.78 is 7.16. The molecule has 0 saturated heterocycles. The van der Waals surface area contributed by atoms with E-state index in [4.69, 9.17) is 0 Å². The van der Waals surface area contributed by atoms with Gasteiger partial charge in [-0.1, -0.05) is 64.5 Å². The molecular formula is C33H25BrN6Si. The smallest absolute Gasteiger partial charge is 0.179 e. The highest BCUT2D eigenvalue weighted by molar-refractivity contribution is 9.10. The van der Waals surface area contributed by atoms with Crippen molar-refractivity contribution in [3.05, 3.63) is 158 Å². The van der Waals surface area contributed by atoms with Gasteiger partial charge in [-0.25, -0.2) is 15.0 Å². The van der Waals surface area contributed by atoms with Crippen LogP contribution in [-0.4, -0.2) is 36.7 Å². The molecule has 0 amide bonds. The van der Waals surface area contributed by atoms with Crippen molar-refractivity contribution in [2.24, 2.45) is 0 Å². The molecule has 0 aliphatic rings. The first-order valence-corrected chi connectivity index (χ1v) is 16.0. The standard InChI is InChI=1S/C33H25BrN6Si/c34-26-1-9-30(10-2-26)41(31-11-3-27(4-12-31)38-20-17-35-23-38,32-13-5-28(6-14-32)39-21-18-36-24-39)33-15-7-29(8-16-33)40-22-19-37-25-40/h1-25H. The third-order valence-corrected chi connectivity index (χ3v) is 12.9. The summed E-state index contributed by atoms with van der Waals surface area (Å²) in [6.45, 7) is 0. The van der Waals surface area contributed by atoms with Crippen molar-refractivity contribution in [2.45, 2.75) is 0 Å². The Balaban J connectivity index is 1.46. The fourth-order valence-electron chi connectivity index (χ4n) is 5.59. The molecule has 41 heavy (non-hydrogen) atoms. The van der Waals surface area contributed by atoms with E-state index in [1.54, 1.807) is 18.6 Å². The van der Waals surface area contributed by atoms with Crippen LogP contribution in [0.25, 0.3) is 17.1 Å². The van der Waals surface area contributed by atoms with E-state index in [-0.39, 0.29) is 0 Å².